The van der Waals surface area contributed by atoms with Crippen LogP contribution in [-0.2, 0) is 0 Å². The van der Waals surface area contributed by atoms with E-state index in [9.17, 15) is 5.11 Å². The molecule has 0 radical (unpaired) electrons. The fourth-order valence-electron chi connectivity index (χ4n) is 3.59. The van der Waals surface area contributed by atoms with Crippen molar-refractivity contribution in [2.24, 2.45) is 11.3 Å². The van der Waals surface area contributed by atoms with Gasteiger partial charge in [-0.15, -0.1) is 0 Å². The number of aliphatic hydroxyl groups is 1. The third-order valence-corrected chi connectivity index (χ3v) is 4.76. The molecule has 0 aromatic heterocycles. The lowest BCUT2D eigenvalue weighted by Gasteiger charge is -2.46. The number of hydrogen-bond acceptors (Lipinski definition) is 1. The Bertz CT molecular complexity index is 422. The summed E-state index contributed by atoms with van der Waals surface area (Å²) in [5.41, 5.74) is 2.49. The third kappa shape index (κ3) is 3.39. The highest BCUT2D eigenvalue weighted by atomic mass is 16.3. The first-order chi connectivity index (χ1) is 8.69. The molecule has 0 aliphatic heterocycles. The van der Waals surface area contributed by atoms with Gasteiger partial charge in [0.2, 0.25) is 0 Å². The van der Waals surface area contributed by atoms with Gasteiger partial charge in [-0.25, -0.2) is 0 Å². The van der Waals surface area contributed by atoms with E-state index in [4.69, 9.17) is 0 Å². The molecule has 2 rings (SSSR count). The largest absolute Gasteiger partial charge is 0.390 e. The summed E-state index contributed by atoms with van der Waals surface area (Å²) in [5, 5.41) is 10.4. The highest BCUT2D eigenvalue weighted by Gasteiger charge is 2.41. The number of benzene rings is 1. The maximum absolute atomic E-state index is 10.4. The van der Waals surface area contributed by atoms with E-state index in [-0.39, 0.29) is 0 Å². The number of rotatable bonds is 1. The number of aryl methyl sites for hydroxylation is 1. The fourth-order valence-corrected chi connectivity index (χ4v) is 3.59. The van der Waals surface area contributed by atoms with Gasteiger partial charge in [-0.1, -0.05) is 50.6 Å². The van der Waals surface area contributed by atoms with Crippen LogP contribution in [-0.4, -0.2) is 10.7 Å². The van der Waals surface area contributed by atoms with Gasteiger partial charge in [-0.05, 0) is 55.9 Å². The molecular formula is C18H28O. The van der Waals surface area contributed by atoms with Crippen molar-refractivity contribution in [2.45, 2.75) is 65.4 Å². The lowest BCUT2D eigenvalue weighted by molar-refractivity contribution is -0.0226. The van der Waals surface area contributed by atoms with Gasteiger partial charge in [0.25, 0.3) is 0 Å². The van der Waals surface area contributed by atoms with Gasteiger partial charge in [-0.3, -0.25) is 0 Å². The molecule has 1 saturated carbocycles. The molecule has 0 spiro atoms. The van der Waals surface area contributed by atoms with Crippen molar-refractivity contribution in [1.29, 1.82) is 0 Å². The molecule has 19 heavy (non-hydrogen) atoms. The Labute approximate surface area is 118 Å². The molecule has 1 fully saturated rings. The molecule has 1 heteroatoms. The minimum absolute atomic E-state index is 0.298. The predicted octanol–water partition coefficient (Wildman–Crippen LogP) is 4.68. The molecule has 0 saturated heterocycles. The van der Waals surface area contributed by atoms with E-state index >= 15 is 0 Å². The van der Waals surface area contributed by atoms with Crippen molar-refractivity contribution in [3.63, 3.8) is 0 Å². The van der Waals surface area contributed by atoms with Gasteiger partial charge < -0.3 is 5.11 Å². The SMILES string of the molecule is Cc1ccc(C2CC(C)(O)CCC2C(C)(C)C)cc1. The van der Waals surface area contributed by atoms with E-state index in [1.165, 1.54) is 11.1 Å². The summed E-state index contributed by atoms with van der Waals surface area (Å²) in [7, 11) is 0. The van der Waals surface area contributed by atoms with Crippen LogP contribution in [0.15, 0.2) is 24.3 Å². The Kier molecular flexibility index (Phi) is 3.79. The first kappa shape index (κ1) is 14.6. The normalized spacial score (nSPS) is 32.3. The monoisotopic (exact) mass is 260 g/mol. The minimum Gasteiger partial charge on any atom is -0.390 e. The molecule has 1 aliphatic carbocycles. The molecule has 1 aliphatic rings. The molecule has 106 valence electrons. The lowest BCUT2D eigenvalue weighted by Crippen LogP contribution is -2.40. The first-order valence-electron chi connectivity index (χ1n) is 7.48. The summed E-state index contributed by atoms with van der Waals surface area (Å²) in [5.74, 6) is 1.12. The fraction of sp³-hybridized carbons (Fsp3) is 0.667. The molecule has 3 atom stereocenters. The maximum atomic E-state index is 10.4. The van der Waals surface area contributed by atoms with Crippen LogP contribution in [0, 0.1) is 18.3 Å². The van der Waals surface area contributed by atoms with Gasteiger partial charge in [-0.2, -0.15) is 0 Å². The van der Waals surface area contributed by atoms with E-state index < -0.39 is 5.60 Å². The van der Waals surface area contributed by atoms with Crippen molar-refractivity contribution >= 4 is 0 Å². The predicted molar refractivity (Wildman–Crippen MR) is 81.3 cm³/mol. The van der Waals surface area contributed by atoms with Crippen LogP contribution in [0.2, 0.25) is 0 Å². The summed E-state index contributed by atoms with van der Waals surface area (Å²) >= 11 is 0. The molecular weight excluding hydrogens is 232 g/mol. The van der Waals surface area contributed by atoms with Gasteiger partial charge >= 0.3 is 0 Å². The van der Waals surface area contributed by atoms with E-state index in [1.807, 2.05) is 6.92 Å². The molecule has 0 heterocycles. The molecule has 1 N–H and O–H groups in total. The molecule has 1 aromatic carbocycles. The zero-order chi connectivity index (χ0) is 14.3. The highest BCUT2D eigenvalue weighted by molar-refractivity contribution is 5.26. The van der Waals surface area contributed by atoms with Crippen LogP contribution >= 0.6 is 0 Å². The average Bonchev–Trinajstić information content (AvgIpc) is 2.27. The van der Waals surface area contributed by atoms with Crippen molar-refractivity contribution in [3.8, 4) is 0 Å². The van der Waals surface area contributed by atoms with Crippen molar-refractivity contribution in [1.82, 2.24) is 0 Å². The van der Waals surface area contributed by atoms with Gasteiger partial charge in [0.05, 0.1) is 5.60 Å². The minimum atomic E-state index is -0.503. The van der Waals surface area contributed by atoms with Crippen LogP contribution in [0.4, 0.5) is 0 Å². The molecule has 3 unspecified atom stereocenters. The van der Waals surface area contributed by atoms with Crippen LogP contribution in [0.1, 0.15) is 64.0 Å². The summed E-state index contributed by atoms with van der Waals surface area (Å²) in [6, 6.07) is 8.89. The standard InChI is InChI=1S/C18H28O/c1-13-6-8-14(9-7-13)15-12-18(5,19)11-10-16(15)17(2,3)4/h6-9,15-16,19H,10-12H2,1-5H3. The summed E-state index contributed by atoms with van der Waals surface area (Å²) in [4.78, 5) is 0. The summed E-state index contributed by atoms with van der Waals surface area (Å²) in [6.45, 7) is 11.1. The van der Waals surface area contributed by atoms with Crippen LogP contribution in [0.25, 0.3) is 0 Å². The van der Waals surface area contributed by atoms with Gasteiger partial charge in [0.1, 0.15) is 0 Å². The van der Waals surface area contributed by atoms with Crippen molar-refractivity contribution < 1.29 is 5.11 Å². The summed E-state index contributed by atoms with van der Waals surface area (Å²) in [6.07, 6.45) is 2.93. The smallest absolute Gasteiger partial charge is 0.0625 e. The van der Waals surface area contributed by atoms with Crippen molar-refractivity contribution in [3.05, 3.63) is 35.4 Å². The molecule has 1 aromatic rings. The highest BCUT2D eigenvalue weighted by Crippen LogP contribution is 2.49. The lowest BCUT2D eigenvalue weighted by atomic mass is 9.61. The number of hydrogen-bond donors (Lipinski definition) is 1. The van der Waals surface area contributed by atoms with Crippen LogP contribution in [0.3, 0.4) is 0 Å². The molecule has 0 bridgehead atoms. The van der Waals surface area contributed by atoms with Crippen molar-refractivity contribution in [2.75, 3.05) is 0 Å². The van der Waals surface area contributed by atoms with Crippen LogP contribution < -0.4 is 0 Å². The second-order valence-corrected chi connectivity index (χ2v) is 7.73. The van der Waals surface area contributed by atoms with Crippen LogP contribution in [0.5, 0.6) is 0 Å². The average molecular weight is 260 g/mol. The molecule has 1 nitrogen and oxygen atoms in total. The maximum Gasteiger partial charge on any atom is 0.0625 e. The third-order valence-electron chi connectivity index (χ3n) is 4.76. The second kappa shape index (κ2) is 4.94. The Balaban J connectivity index is 2.32. The Morgan fingerprint density at radius 2 is 1.74 bits per heavy atom. The van der Waals surface area contributed by atoms with E-state index in [1.54, 1.807) is 0 Å². The Morgan fingerprint density at radius 3 is 2.26 bits per heavy atom. The topological polar surface area (TPSA) is 20.2 Å². The molecule has 0 amide bonds. The summed E-state index contributed by atoms with van der Waals surface area (Å²) < 4.78 is 0. The zero-order valence-corrected chi connectivity index (χ0v) is 13.0. The van der Waals surface area contributed by atoms with E-state index in [2.05, 4.69) is 52.0 Å². The Morgan fingerprint density at radius 1 is 1.16 bits per heavy atom. The van der Waals surface area contributed by atoms with E-state index in [0.29, 0.717) is 17.3 Å². The first-order valence-corrected chi connectivity index (χ1v) is 7.48. The van der Waals surface area contributed by atoms with E-state index in [0.717, 1.165) is 19.3 Å². The van der Waals surface area contributed by atoms with Gasteiger partial charge in [0.15, 0.2) is 0 Å². The Hall–Kier alpha value is -0.820. The quantitative estimate of drug-likeness (QED) is 0.777. The van der Waals surface area contributed by atoms with Gasteiger partial charge in [0, 0.05) is 0 Å². The zero-order valence-electron chi connectivity index (χ0n) is 13.0. The second-order valence-electron chi connectivity index (χ2n) is 7.73.